The molecule has 0 aliphatic carbocycles. The minimum Gasteiger partial charge on any atom is -0.710 e. The van der Waals surface area contributed by atoms with Gasteiger partial charge in [-0.3, -0.25) is 9.56 Å². The molecule has 7 nitrogen and oxygen atoms in total. The summed E-state index contributed by atoms with van der Waals surface area (Å²) in [5.41, 5.74) is 1.13. The average molecular weight is 261 g/mol. The van der Waals surface area contributed by atoms with E-state index < -0.39 is 0 Å². The number of nitrogens with zero attached hydrogens (tertiary/aromatic N) is 5. The Morgan fingerprint density at radius 1 is 1.42 bits per heavy atom. The maximum Gasteiger partial charge on any atom is 0.442 e. The van der Waals surface area contributed by atoms with E-state index in [1.54, 1.807) is 33.9 Å². The van der Waals surface area contributed by atoms with Gasteiger partial charge in [0.1, 0.15) is 11.4 Å². The van der Waals surface area contributed by atoms with Gasteiger partial charge >= 0.3 is 11.5 Å². The lowest BCUT2D eigenvalue weighted by atomic mass is 10.2. The summed E-state index contributed by atoms with van der Waals surface area (Å²) < 4.78 is 3.15. The number of aryl methyl sites for hydroxylation is 2. The van der Waals surface area contributed by atoms with Gasteiger partial charge < -0.3 is 5.21 Å². The maximum absolute atomic E-state index is 12.3. The van der Waals surface area contributed by atoms with E-state index in [4.69, 9.17) is 0 Å². The van der Waals surface area contributed by atoms with Crippen LogP contribution in [0.25, 0.3) is 5.82 Å². The van der Waals surface area contributed by atoms with Gasteiger partial charge in [0.05, 0.1) is 0 Å². The predicted molar refractivity (Wildman–Crippen MR) is 71.2 cm³/mol. The zero-order valence-electron chi connectivity index (χ0n) is 11.3. The summed E-state index contributed by atoms with van der Waals surface area (Å²) in [4.78, 5) is 15.8. The zero-order chi connectivity index (χ0) is 14.3. The van der Waals surface area contributed by atoms with Crippen molar-refractivity contribution in [3.05, 3.63) is 38.8 Å². The predicted octanol–water partition coefficient (Wildman–Crippen LogP) is 0.462. The van der Waals surface area contributed by atoms with Crippen molar-refractivity contribution in [1.29, 1.82) is 0 Å². The molecular weight excluding hydrogens is 246 g/mol. The molecule has 0 N–H and O–H groups in total. The number of pyridine rings is 1. The third-order valence-corrected chi connectivity index (χ3v) is 3.14. The highest BCUT2D eigenvalue weighted by Crippen LogP contribution is 2.19. The van der Waals surface area contributed by atoms with E-state index in [0.717, 1.165) is 4.68 Å². The molecule has 19 heavy (non-hydrogen) atoms. The smallest absolute Gasteiger partial charge is 0.442 e. The molecule has 2 aromatic heterocycles. The Morgan fingerprint density at radius 2 is 2.05 bits per heavy atom. The molecule has 0 radical (unpaired) electrons. The van der Waals surface area contributed by atoms with Crippen LogP contribution in [0.15, 0.2) is 15.9 Å². The summed E-state index contributed by atoms with van der Waals surface area (Å²) in [5, 5.41) is 16.4. The average Bonchev–Trinajstić information content (AvgIpc) is 2.62. The molecular formula is C12H15N5O2. The molecule has 0 aliphatic heterocycles. The van der Waals surface area contributed by atoms with Crippen molar-refractivity contribution in [2.45, 2.75) is 20.8 Å². The van der Waals surface area contributed by atoms with Gasteiger partial charge in [0, 0.05) is 19.5 Å². The monoisotopic (exact) mass is 261 g/mol. The van der Waals surface area contributed by atoms with E-state index in [-0.39, 0.29) is 11.5 Å². The van der Waals surface area contributed by atoms with Gasteiger partial charge in [0.25, 0.3) is 0 Å². The fourth-order valence-corrected chi connectivity index (χ4v) is 1.88. The van der Waals surface area contributed by atoms with Crippen molar-refractivity contribution in [2.75, 3.05) is 0 Å². The molecule has 100 valence electrons. The molecule has 0 saturated carbocycles. The lowest BCUT2D eigenvalue weighted by Crippen LogP contribution is -2.40. The fourth-order valence-electron chi connectivity index (χ4n) is 1.88. The van der Waals surface area contributed by atoms with E-state index in [9.17, 15) is 10.0 Å². The van der Waals surface area contributed by atoms with E-state index in [1.807, 2.05) is 0 Å². The van der Waals surface area contributed by atoms with Crippen molar-refractivity contribution >= 4 is 12.4 Å². The molecule has 0 bridgehead atoms. The lowest BCUT2D eigenvalue weighted by Gasteiger charge is -2.13. The van der Waals surface area contributed by atoms with Crippen LogP contribution < -0.4 is 10.4 Å². The first-order valence-electron chi connectivity index (χ1n) is 5.72. The Labute approximate surface area is 110 Å². The SMILES string of the molecule is C=Nc1cc(C)c(-n2nc(C)n(C)c2=O)[n+]([O-])c1C. The van der Waals surface area contributed by atoms with Crippen LogP contribution in [0, 0.1) is 26.0 Å². The Kier molecular flexibility index (Phi) is 2.97. The van der Waals surface area contributed by atoms with Crippen LogP contribution in [0.5, 0.6) is 0 Å². The van der Waals surface area contributed by atoms with Crippen LogP contribution in [0.2, 0.25) is 0 Å². The number of aromatic nitrogens is 4. The van der Waals surface area contributed by atoms with Gasteiger partial charge in [-0.1, -0.05) is 5.10 Å². The summed E-state index contributed by atoms with van der Waals surface area (Å²) in [7, 11) is 1.61. The lowest BCUT2D eigenvalue weighted by molar-refractivity contribution is -0.606. The largest absolute Gasteiger partial charge is 0.710 e. The van der Waals surface area contributed by atoms with Crippen molar-refractivity contribution in [3.8, 4) is 5.82 Å². The Bertz CT molecular complexity index is 727. The Morgan fingerprint density at radius 3 is 2.53 bits per heavy atom. The number of hydrogen-bond donors (Lipinski definition) is 0. The van der Waals surface area contributed by atoms with Crippen molar-refractivity contribution in [3.63, 3.8) is 0 Å². The van der Waals surface area contributed by atoms with Crippen LogP contribution in [0.4, 0.5) is 5.69 Å². The molecule has 0 unspecified atom stereocenters. The second-order valence-corrected chi connectivity index (χ2v) is 4.37. The first-order chi connectivity index (χ1) is 8.88. The molecule has 2 rings (SSSR count). The maximum atomic E-state index is 12.3. The van der Waals surface area contributed by atoms with Gasteiger partial charge in [-0.05, 0) is 31.3 Å². The molecule has 0 atom stereocenters. The van der Waals surface area contributed by atoms with Crippen LogP contribution >= 0.6 is 0 Å². The first kappa shape index (κ1) is 13.0. The van der Waals surface area contributed by atoms with Crippen molar-refractivity contribution in [2.24, 2.45) is 12.0 Å². The van der Waals surface area contributed by atoms with Crippen LogP contribution in [-0.4, -0.2) is 21.1 Å². The Balaban J connectivity index is 2.83. The van der Waals surface area contributed by atoms with E-state index in [0.29, 0.717) is 27.5 Å². The normalized spacial score (nSPS) is 10.7. The van der Waals surface area contributed by atoms with E-state index >= 15 is 0 Å². The number of rotatable bonds is 2. The van der Waals surface area contributed by atoms with Gasteiger partial charge in [-0.25, -0.2) is 9.52 Å². The third-order valence-electron chi connectivity index (χ3n) is 3.14. The molecule has 2 aromatic rings. The first-order valence-corrected chi connectivity index (χ1v) is 5.72. The highest BCUT2D eigenvalue weighted by atomic mass is 16.5. The second kappa shape index (κ2) is 4.34. The molecule has 0 spiro atoms. The second-order valence-electron chi connectivity index (χ2n) is 4.37. The van der Waals surface area contributed by atoms with E-state index in [2.05, 4.69) is 16.8 Å². The zero-order valence-corrected chi connectivity index (χ0v) is 11.3. The Hall–Kier alpha value is -2.44. The van der Waals surface area contributed by atoms with Gasteiger partial charge in [-0.15, -0.1) is 0 Å². The summed E-state index contributed by atoms with van der Waals surface area (Å²) in [6.07, 6.45) is 0. The topological polar surface area (TPSA) is 79.1 Å². The van der Waals surface area contributed by atoms with Crippen LogP contribution in [-0.2, 0) is 7.05 Å². The summed E-state index contributed by atoms with van der Waals surface area (Å²) >= 11 is 0. The summed E-state index contributed by atoms with van der Waals surface area (Å²) in [5.74, 6) is 0.728. The fraction of sp³-hybridized carbons (Fsp3) is 0.333. The van der Waals surface area contributed by atoms with Crippen molar-refractivity contribution in [1.82, 2.24) is 14.3 Å². The van der Waals surface area contributed by atoms with Crippen LogP contribution in [0.1, 0.15) is 17.1 Å². The minimum absolute atomic E-state index is 0.193. The molecule has 2 heterocycles. The number of hydrogen-bond acceptors (Lipinski definition) is 4. The van der Waals surface area contributed by atoms with E-state index in [1.165, 1.54) is 4.57 Å². The summed E-state index contributed by atoms with van der Waals surface area (Å²) in [6.45, 7) is 8.48. The standard InChI is InChI=1S/C12H15N5O2/c1-7-6-10(13-4)8(2)17(19)11(7)16-12(18)15(5)9(3)14-16/h6H,4H2,1-3,5H3. The van der Waals surface area contributed by atoms with Crippen LogP contribution in [0.3, 0.4) is 0 Å². The highest BCUT2D eigenvalue weighted by Gasteiger charge is 2.23. The molecule has 0 amide bonds. The molecule has 0 saturated heterocycles. The molecule has 0 fully saturated rings. The number of aliphatic imine (C=N–C) groups is 1. The molecule has 0 aliphatic rings. The van der Waals surface area contributed by atoms with Crippen molar-refractivity contribution < 1.29 is 4.73 Å². The quantitative estimate of drug-likeness (QED) is 0.447. The summed E-state index contributed by atoms with van der Waals surface area (Å²) in [6, 6.07) is 1.71. The van der Waals surface area contributed by atoms with Gasteiger partial charge in [0.2, 0.25) is 0 Å². The van der Waals surface area contributed by atoms with Gasteiger partial charge in [0.15, 0.2) is 5.82 Å². The van der Waals surface area contributed by atoms with Gasteiger partial charge in [-0.2, -0.15) is 0 Å². The minimum atomic E-state index is -0.357. The molecule has 0 aromatic carbocycles. The molecule has 7 heteroatoms. The third kappa shape index (κ3) is 1.83. The highest BCUT2D eigenvalue weighted by molar-refractivity contribution is 5.50.